The Hall–Kier alpha value is -3.51. The maximum atomic E-state index is 6.31. The Kier molecular flexibility index (Phi) is 3.91. The Morgan fingerprint density at radius 3 is 2.39 bits per heavy atom. The third kappa shape index (κ3) is 2.58. The second-order valence-corrected chi connectivity index (χ2v) is 6.97. The fourth-order valence-corrected chi connectivity index (χ4v) is 3.83. The molecule has 2 aliphatic rings. The van der Waals surface area contributed by atoms with Gasteiger partial charge in [-0.3, -0.25) is 5.43 Å². The van der Waals surface area contributed by atoms with Gasteiger partial charge in [0.15, 0.2) is 0 Å². The number of rotatable bonds is 2. The quantitative estimate of drug-likeness (QED) is 0.514. The number of para-hydroxylation sites is 1. The van der Waals surface area contributed by atoms with Crippen LogP contribution in [0.5, 0.6) is 0 Å². The molecule has 0 bridgehead atoms. The van der Waals surface area contributed by atoms with Gasteiger partial charge in [-0.1, -0.05) is 60.1 Å². The van der Waals surface area contributed by atoms with Gasteiger partial charge < -0.3 is 5.84 Å². The van der Waals surface area contributed by atoms with Crippen LogP contribution < -0.4 is 16.2 Å². The van der Waals surface area contributed by atoms with Crippen LogP contribution >= 0.6 is 11.6 Å². The second kappa shape index (κ2) is 6.58. The third-order valence-electron chi connectivity index (χ3n) is 4.86. The summed E-state index contributed by atoms with van der Waals surface area (Å²) >= 11 is 6.31. The number of nitrogens with two attached hydrogens (primary N) is 1. The smallest absolute Gasteiger partial charge is 0.246 e. The molecule has 28 heavy (non-hydrogen) atoms. The first-order chi connectivity index (χ1) is 13.8. The first-order valence-electron chi connectivity index (χ1n) is 8.88. The number of hydrazone groups is 1. The Bertz CT molecular complexity index is 1080. The normalized spacial score (nSPS) is 19.1. The Balaban J connectivity index is 1.72. The van der Waals surface area contributed by atoms with Crippen LogP contribution in [0, 0.1) is 0 Å². The highest BCUT2D eigenvalue weighted by atomic mass is 35.5. The number of nitrogens with zero attached hydrogens (tertiary/aromatic N) is 4. The predicted molar refractivity (Wildman–Crippen MR) is 112 cm³/mol. The Morgan fingerprint density at radius 2 is 1.68 bits per heavy atom. The van der Waals surface area contributed by atoms with Crippen LogP contribution in [0.25, 0.3) is 0 Å². The summed E-state index contributed by atoms with van der Waals surface area (Å²) in [6, 6.07) is 25.7. The van der Waals surface area contributed by atoms with E-state index in [1.165, 1.54) is 0 Å². The van der Waals surface area contributed by atoms with E-state index >= 15 is 0 Å². The molecule has 0 saturated carbocycles. The van der Waals surface area contributed by atoms with Gasteiger partial charge >= 0.3 is 0 Å². The zero-order valence-corrected chi connectivity index (χ0v) is 15.6. The van der Waals surface area contributed by atoms with Crippen molar-refractivity contribution >= 4 is 34.9 Å². The topological polar surface area (TPSA) is 69.2 Å². The number of anilines is 1. The lowest BCUT2D eigenvalue weighted by Crippen LogP contribution is -2.42. The Morgan fingerprint density at radius 1 is 0.964 bits per heavy atom. The van der Waals surface area contributed by atoms with Crippen LogP contribution in [-0.2, 0) is 0 Å². The van der Waals surface area contributed by atoms with Gasteiger partial charge in [-0.15, -0.1) is 5.10 Å². The summed E-state index contributed by atoms with van der Waals surface area (Å²) < 4.78 is 0. The first kappa shape index (κ1) is 16.6. The van der Waals surface area contributed by atoms with E-state index in [2.05, 4.69) is 22.7 Å². The van der Waals surface area contributed by atoms with Crippen LogP contribution in [0.1, 0.15) is 17.2 Å². The van der Waals surface area contributed by atoms with Crippen molar-refractivity contribution in [2.45, 2.75) is 6.04 Å². The molecule has 0 radical (unpaired) electrons. The molecule has 6 nitrogen and oxygen atoms in total. The largest absolute Gasteiger partial charge is 0.320 e. The fraction of sp³-hybridized carbons (Fsp3) is 0.0476. The molecule has 1 saturated heterocycles. The van der Waals surface area contributed by atoms with E-state index < -0.39 is 0 Å². The molecule has 0 amide bonds. The van der Waals surface area contributed by atoms with Gasteiger partial charge in [0.05, 0.1) is 11.4 Å². The number of benzene rings is 3. The molecule has 7 heteroatoms. The minimum absolute atomic E-state index is 0.132. The van der Waals surface area contributed by atoms with Crippen molar-refractivity contribution in [2.75, 3.05) is 4.90 Å². The average Bonchev–Trinajstić information content (AvgIpc) is 3.11. The summed E-state index contributed by atoms with van der Waals surface area (Å²) in [5, 5.41) is 6.61. The number of aliphatic imine (C=N–C) groups is 1. The molecule has 2 heterocycles. The summed E-state index contributed by atoms with van der Waals surface area (Å²) in [6.45, 7) is 0. The maximum Gasteiger partial charge on any atom is 0.246 e. The highest BCUT2D eigenvalue weighted by Crippen LogP contribution is 2.42. The molecule has 0 aliphatic carbocycles. The zero-order valence-electron chi connectivity index (χ0n) is 14.8. The van der Waals surface area contributed by atoms with Gasteiger partial charge in [-0.05, 0) is 35.9 Å². The van der Waals surface area contributed by atoms with E-state index in [1.54, 1.807) is 0 Å². The second-order valence-electron chi connectivity index (χ2n) is 6.53. The minimum Gasteiger partial charge on any atom is -0.320 e. The van der Waals surface area contributed by atoms with E-state index in [-0.39, 0.29) is 6.04 Å². The number of nitrogens with one attached hydrogen (secondary N) is 1. The van der Waals surface area contributed by atoms with Crippen molar-refractivity contribution in [1.29, 1.82) is 0 Å². The summed E-state index contributed by atoms with van der Waals surface area (Å²) in [5.41, 5.74) is 7.22. The molecule has 0 spiro atoms. The highest BCUT2D eigenvalue weighted by molar-refractivity contribution is 6.30. The van der Waals surface area contributed by atoms with E-state index in [4.69, 9.17) is 22.4 Å². The minimum atomic E-state index is -0.132. The number of hydrazine groups is 1. The average molecular weight is 389 g/mol. The SMILES string of the molecule is N/N=C1/NN2C(=Nc3ccc(Cl)cc3C2c2ccccc2)N1c1ccccc1. The zero-order chi connectivity index (χ0) is 19.1. The third-order valence-corrected chi connectivity index (χ3v) is 5.10. The summed E-state index contributed by atoms with van der Waals surface area (Å²) in [6.07, 6.45) is 0. The lowest BCUT2D eigenvalue weighted by Gasteiger charge is -2.34. The monoisotopic (exact) mass is 388 g/mol. The van der Waals surface area contributed by atoms with E-state index in [0.717, 1.165) is 22.5 Å². The van der Waals surface area contributed by atoms with Crippen molar-refractivity contribution in [3.8, 4) is 0 Å². The fourth-order valence-electron chi connectivity index (χ4n) is 3.65. The molecule has 1 fully saturated rings. The first-order valence-corrected chi connectivity index (χ1v) is 9.26. The molecule has 0 aromatic heterocycles. The van der Waals surface area contributed by atoms with Crippen LogP contribution in [0.3, 0.4) is 0 Å². The van der Waals surface area contributed by atoms with Crippen molar-refractivity contribution < 1.29 is 0 Å². The summed E-state index contributed by atoms with van der Waals surface area (Å²) in [7, 11) is 0. The summed E-state index contributed by atoms with van der Waals surface area (Å²) in [4.78, 5) is 6.80. The molecule has 138 valence electrons. The molecule has 2 aliphatic heterocycles. The van der Waals surface area contributed by atoms with E-state index in [0.29, 0.717) is 16.9 Å². The maximum absolute atomic E-state index is 6.31. The highest BCUT2D eigenvalue weighted by Gasteiger charge is 2.42. The molecule has 3 aromatic carbocycles. The molecular formula is C21H17ClN6. The van der Waals surface area contributed by atoms with Crippen LogP contribution in [0.2, 0.25) is 5.02 Å². The number of hydrogen-bond acceptors (Lipinski definition) is 4. The van der Waals surface area contributed by atoms with Crippen molar-refractivity contribution in [1.82, 2.24) is 10.4 Å². The molecule has 5 rings (SSSR count). The summed E-state index contributed by atoms with van der Waals surface area (Å²) in [5.74, 6) is 6.92. The van der Waals surface area contributed by atoms with Gasteiger partial charge in [-0.2, -0.15) is 0 Å². The van der Waals surface area contributed by atoms with Crippen molar-refractivity contribution in [3.05, 3.63) is 95.0 Å². The van der Waals surface area contributed by atoms with Crippen LogP contribution in [0.4, 0.5) is 11.4 Å². The molecule has 1 unspecified atom stereocenters. The van der Waals surface area contributed by atoms with Crippen molar-refractivity contribution in [3.63, 3.8) is 0 Å². The van der Waals surface area contributed by atoms with Gasteiger partial charge in [-0.25, -0.2) is 14.9 Å². The molecule has 1 atom stereocenters. The lowest BCUT2D eigenvalue weighted by atomic mass is 9.95. The Labute approximate surface area is 167 Å². The number of guanidine groups is 2. The van der Waals surface area contributed by atoms with Crippen LogP contribution in [0.15, 0.2) is 89.0 Å². The molecule has 3 aromatic rings. The number of halogens is 1. The number of hydrogen-bond donors (Lipinski definition) is 2. The van der Waals surface area contributed by atoms with Crippen molar-refractivity contribution in [2.24, 2.45) is 15.9 Å². The molecule has 3 N–H and O–H groups in total. The standard InChI is InChI=1S/C21H17ClN6/c22-15-11-12-18-17(13-15)19(14-7-3-1-4-8-14)28-21(24-18)27(20(25-23)26-28)16-9-5-2-6-10-16/h1-13,19H,23H2,(H,25,26). The molecular weight excluding hydrogens is 372 g/mol. The van der Waals surface area contributed by atoms with E-state index in [1.807, 2.05) is 76.6 Å². The van der Waals surface area contributed by atoms with Gasteiger partial charge in [0.2, 0.25) is 11.9 Å². The van der Waals surface area contributed by atoms with E-state index in [9.17, 15) is 0 Å². The van der Waals surface area contributed by atoms with Gasteiger partial charge in [0, 0.05) is 10.6 Å². The predicted octanol–water partition coefficient (Wildman–Crippen LogP) is 3.99. The lowest BCUT2D eigenvalue weighted by molar-refractivity contribution is 0.324. The van der Waals surface area contributed by atoms with Gasteiger partial charge in [0.25, 0.3) is 0 Å². The van der Waals surface area contributed by atoms with Gasteiger partial charge in [0.1, 0.15) is 6.04 Å². The van der Waals surface area contributed by atoms with Crippen LogP contribution in [-0.4, -0.2) is 16.9 Å². The number of fused-ring (bicyclic) bond motifs is 2.